The zero-order valence-corrected chi connectivity index (χ0v) is 10.8. The summed E-state index contributed by atoms with van der Waals surface area (Å²) in [5.41, 5.74) is 5.67. The number of nitrogens with two attached hydrogens (primary N) is 1. The van der Waals surface area contributed by atoms with Crippen LogP contribution in [-0.4, -0.2) is 28.1 Å². The van der Waals surface area contributed by atoms with E-state index in [1.165, 1.54) is 13.2 Å². The molecule has 0 fully saturated rings. The molecule has 0 saturated carbocycles. The SMILES string of the molecule is CCC(N)CNS(=O)(=O)c1ccccc1OC. The van der Waals surface area contributed by atoms with E-state index in [9.17, 15) is 8.42 Å². The van der Waals surface area contributed by atoms with Crippen LogP contribution >= 0.6 is 0 Å². The Hall–Kier alpha value is -1.11. The number of sulfonamides is 1. The molecule has 6 heteroatoms. The largest absolute Gasteiger partial charge is 0.495 e. The fraction of sp³-hybridized carbons (Fsp3) is 0.455. The molecule has 0 spiro atoms. The zero-order valence-electron chi connectivity index (χ0n) is 10.0. The summed E-state index contributed by atoms with van der Waals surface area (Å²) in [7, 11) is -2.13. The van der Waals surface area contributed by atoms with Gasteiger partial charge in [0.05, 0.1) is 7.11 Å². The van der Waals surface area contributed by atoms with Crippen LogP contribution in [0.15, 0.2) is 29.2 Å². The quantitative estimate of drug-likeness (QED) is 0.787. The summed E-state index contributed by atoms with van der Waals surface area (Å²) < 4.78 is 31.5. The first-order valence-corrected chi connectivity index (χ1v) is 6.87. The number of para-hydroxylation sites is 1. The van der Waals surface area contributed by atoms with Crippen LogP contribution in [0.1, 0.15) is 13.3 Å². The van der Waals surface area contributed by atoms with Gasteiger partial charge in [-0.15, -0.1) is 0 Å². The molecule has 1 aromatic rings. The molecule has 96 valence electrons. The van der Waals surface area contributed by atoms with E-state index in [1.54, 1.807) is 18.2 Å². The second kappa shape index (κ2) is 6.00. The van der Waals surface area contributed by atoms with E-state index < -0.39 is 10.0 Å². The second-order valence-electron chi connectivity index (χ2n) is 3.67. The summed E-state index contributed by atoms with van der Waals surface area (Å²) in [6, 6.07) is 6.29. The lowest BCUT2D eigenvalue weighted by Gasteiger charge is -2.13. The average molecular weight is 258 g/mol. The molecule has 0 amide bonds. The molecule has 0 aliphatic heterocycles. The standard InChI is InChI=1S/C11H18N2O3S/c1-3-9(12)8-13-17(14,15)11-7-5-4-6-10(11)16-2/h4-7,9,13H,3,8,12H2,1-2H3. The highest BCUT2D eigenvalue weighted by atomic mass is 32.2. The molecule has 0 bridgehead atoms. The number of rotatable bonds is 6. The first kappa shape index (κ1) is 14.0. The van der Waals surface area contributed by atoms with E-state index >= 15 is 0 Å². The minimum absolute atomic E-state index is 0.130. The van der Waals surface area contributed by atoms with Gasteiger partial charge in [-0.05, 0) is 18.6 Å². The molecular formula is C11H18N2O3S. The molecule has 0 aliphatic carbocycles. The van der Waals surface area contributed by atoms with Crippen molar-refractivity contribution in [3.8, 4) is 5.75 Å². The van der Waals surface area contributed by atoms with Gasteiger partial charge < -0.3 is 10.5 Å². The molecular weight excluding hydrogens is 240 g/mol. The molecule has 1 unspecified atom stereocenters. The van der Waals surface area contributed by atoms with E-state index in [-0.39, 0.29) is 17.5 Å². The van der Waals surface area contributed by atoms with Crippen LogP contribution in [0.2, 0.25) is 0 Å². The second-order valence-corrected chi connectivity index (χ2v) is 5.41. The lowest BCUT2D eigenvalue weighted by atomic mass is 10.2. The van der Waals surface area contributed by atoms with Crippen molar-refractivity contribution < 1.29 is 13.2 Å². The minimum Gasteiger partial charge on any atom is -0.495 e. The monoisotopic (exact) mass is 258 g/mol. The molecule has 5 nitrogen and oxygen atoms in total. The predicted octanol–water partition coefficient (Wildman–Crippen LogP) is 0.711. The Morgan fingerprint density at radius 3 is 2.65 bits per heavy atom. The maximum Gasteiger partial charge on any atom is 0.244 e. The average Bonchev–Trinajstić information content (AvgIpc) is 2.35. The van der Waals surface area contributed by atoms with Crippen LogP contribution < -0.4 is 15.2 Å². The van der Waals surface area contributed by atoms with Crippen molar-refractivity contribution in [2.45, 2.75) is 24.3 Å². The Balaban J connectivity index is 2.89. The fourth-order valence-corrected chi connectivity index (χ4v) is 2.54. The normalized spacial score (nSPS) is 13.4. The lowest BCUT2D eigenvalue weighted by molar-refractivity contribution is 0.402. The smallest absolute Gasteiger partial charge is 0.244 e. The van der Waals surface area contributed by atoms with Crippen molar-refractivity contribution in [1.29, 1.82) is 0 Å². The lowest BCUT2D eigenvalue weighted by Crippen LogP contribution is -2.36. The zero-order chi connectivity index (χ0) is 12.9. The molecule has 0 saturated heterocycles. The molecule has 0 aromatic heterocycles. The topological polar surface area (TPSA) is 81.4 Å². The first-order valence-electron chi connectivity index (χ1n) is 5.39. The van der Waals surface area contributed by atoms with Crippen molar-refractivity contribution in [3.05, 3.63) is 24.3 Å². The van der Waals surface area contributed by atoms with Gasteiger partial charge in [0.15, 0.2) is 0 Å². The Morgan fingerprint density at radius 1 is 1.41 bits per heavy atom. The number of ether oxygens (including phenoxy) is 1. The molecule has 17 heavy (non-hydrogen) atoms. The van der Waals surface area contributed by atoms with Crippen LogP contribution in [0.25, 0.3) is 0 Å². The van der Waals surface area contributed by atoms with E-state index in [0.29, 0.717) is 12.2 Å². The van der Waals surface area contributed by atoms with Gasteiger partial charge in [-0.1, -0.05) is 19.1 Å². The fourth-order valence-electron chi connectivity index (χ4n) is 1.28. The maximum absolute atomic E-state index is 12.0. The Labute approximate surface area is 102 Å². The maximum atomic E-state index is 12.0. The molecule has 1 rings (SSSR count). The van der Waals surface area contributed by atoms with Gasteiger partial charge in [0.1, 0.15) is 10.6 Å². The van der Waals surface area contributed by atoms with Crippen molar-refractivity contribution in [3.63, 3.8) is 0 Å². The van der Waals surface area contributed by atoms with Gasteiger partial charge in [0, 0.05) is 12.6 Å². The van der Waals surface area contributed by atoms with Gasteiger partial charge in [-0.3, -0.25) is 0 Å². The predicted molar refractivity (Wildman–Crippen MR) is 66.4 cm³/mol. The highest BCUT2D eigenvalue weighted by Gasteiger charge is 2.18. The van der Waals surface area contributed by atoms with Crippen LogP contribution in [-0.2, 0) is 10.0 Å². The highest BCUT2D eigenvalue weighted by Crippen LogP contribution is 2.22. The van der Waals surface area contributed by atoms with Crippen molar-refractivity contribution in [1.82, 2.24) is 4.72 Å². The third kappa shape index (κ3) is 3.69. The number of nitrogens with one attached hydrogen (secondary N) is 1. The van der Waals surface area contributed by atoms with Gasteiger partial charge in [0.2, 0.25) is 10.0 Å². The number of hydrogen-bond donors (Lipinski definition) is 2. The summed E-state index contributed by atoms with van der Waals surface area (Å²) in [5.74, 6) is 0.324. The van der Waals surface area contributed by atoms with Crippen LogP contribution in [0.5, 0.6) is 5.75 Å². The Kier molecular flexibility index (Phi) is 4.92. The van der Waals surface area contributed by atoms with Gasteiger partial charge in [-0.2, -0.15) is 0 Å². The third-order valence-corrected chi connectivity index (χ3v) is 3.88. The molecule has 3 N–H and O–H groups in total. The van der Waals surface area contributed by atoms with Gasteiger partial charge >= 0.3 is 0 Å². The van der Waals surface area contributed by atoms with Crippen molar-refractivity contribution in [2.24, 2.45) is 5.73 Å². The summed E-state index contributed by atoms with van der Waals surface area (Å²) >= 11 is 0. The molecule has 1 atom stereocenters. The van der Waals surface area contributed by atoms with Crippen LogP contribution in [0, 0.1) is 0 Å². The van der Waals surface area contributed by atoms with E-state index in [1.807, 2.05) is 6.92 Å². The number of benzene rings is 1. The van der Waals surface area contributed by atoms with Crippen LogP contribution in [0.3, 0.4) is 0 Å². The molecule has 0 heterocycles. The van der Waals surface area contributed by atoms with Crippen molar-refractivity contribution in [2.75, 3.05) is 13.7 Å². The third-order valence-electron chi connectivity index (χ3n) is 2.42. The number of methoxy groups -OCH3 is 1. The van der Waals surface area contributed by atoms with E-state index in [0.717, 1.165) is 0 Å². The molecule has 0 aliphatic rings. The molecule has 0 radical (unpaired) electrons. The summed E-state index contributed by atoms with van der Waals surface area (Å²) in [6.45, 7) is 2.12. The molecule has 1 aromatic carbocycles. The summed E-state index contributed by atoms with van der Waals surface area (Å²) in [5, 5.41) is 0. The Morgan fingerprint density at radius 2 is 2.06 bits per heavy atom. The summed E-state index contributed by atoms with van der Waals surface area (Å²) in [6.07, 6.45) is 0.717. The highest BCUT2D eigenvalue weighted by molar-refractivity contribution is 7.89. The van der Waals surface area contributed by atoms with Gasteiger partial charge in [-0.25, -0.2) is 13.1 Å². The minimum atomic E-state index is -3.56. The van der Waals surface area contributed by atoms with Crippen molar-refractivity contribution >= 4 is 10.0 Å². The van der Waals surface area contributed by atoms with Gasteiger partial charge in [0.25, 0.3) is 0 Å². The summed E-state index contributed by atoms with van der Waals surface area (Å²) in [4.78, 5) is 0.130. The number of hydrogen-bond acceptors (Lipinski definition) is 4. The van der Waals surface area contributed by atoms with E-state index in [2.05, 4.69) is 4.72 Å². The van der Waals surface area contributed by atoms with E-state index in [4.69, 9.17) is 10.5 Å². The Bertz CT molecular complexity index is 460. The first-order chi connectivity index (χ1) is 8.01. The van der Waals surface area contributed by atoms with Crippen LogP contribution in [0.4, 0.5) is 0 Å².